The van der Waals surface area contributed by atoms with Gasteiger partial charge in [-0.15, -0.1) is 0 Å². The Morgan fingerprint density at radius 2 is 1.46 bits per heavy atom. The first kappa shape index (κ1) is 9.42. The van der Waals surface area contributed by atoms with E-state index in [1.165, 1.54) is 0 Å². The first-order valence-corrected chi connectivity index (χ1v) is 3.60. The molecule has 0 aliphatic heterocycles. The van der Waals surface area contributed by atoms with E-state index in [0.29, 0.717) is 6.54 Å². The minimum Gasteiger partial charge on any atom is -0.354 e. The maximum Gasteiger partial charge on any atom is 0.253 e. The number of hydrogen-bond acceptors (Lipinski definition) is 8. The molecule has 0 bridgehead atoms. The van der Waals surface area contributed by atoms with E-state index in [1.807, 2.05) is 6.92 Å². The van der Waals surface area contributed by atoms with Crippen molar-refractivity contribution in [1.29, 1.82) is 0 Å². The van der Waals surface area contributed by atoms with E-state index in [4.69, 9.17) is 10.4 Å². The molecule has 8 heteroatoms. The van der Waals surface area contributed by atoms with Crippen molar-refractivity contribution in [1.82, 2.24) is 15.0 Å². The van der Waals surface area contributed by atoms with Crippen LogP contribution in [0.4, 0.5) is 17.8 Å². The monoisotopic (exact) mass is 186 g/mol. The molecule has 0 aliphatic rings. The van der Waals surface area contributed by atoms with E-state index in [9.17, 15) is 0 Å². The lowest BCUT2D eigenvalue weighted by Gasteiger charge is -2.04. The van der Waals surface area contributed by atoms with Crippen LogP contribution in [0.5, 0.6) is 0 Å². The average Bonchev–Trinajstić information content (AvgIpc) is 2.17. The third-order valence-corrected chi connectivity index (χ3v) is 1.17. The Bertz CT molecular complexity index is 257. The molecule has 13 heavy (non-hydrogen) atoms. The average molecular weight is 186 g/mol. The van der Waals surface area contributed by atoms with E-state index in [2.05, 4.69) is 20.3 Å². The Kier molecular flexibility index (Phi) is 3.17. The Balaban J connectivity index is 2.93. The summed E-state index contributed by atoms with van der Waals surface area (Å²) in [6.45, 7) is 2.49. The maximum atomic E-state index is 8.51. The lowest BCUT2D eigenvalue weighted by Crippen LogP contribution is -2.09. The summed E-state index contributed by atoms with van der Waals surface area (Å²) in [6, 6.07) is 0. The van der Waals surface area contributed by atoms with Crippen molar-refractivity contribution in [3.8, 4) is 0 Å². The summed E-state index contributed by atoms with van der Waals surface area (Å²) in [5, 5.41) is 19.8. The molecule has 1 heterocycles. The molecule has 1 aromatic rings. The smallest absolute Gasteiger partial charge is 0.253 e. The zero-order valence-corrected chi connectivity index (χ0v) is 6.94. The van der Waals surface area contributed by atoms with Crippen LogP contribution >= 0.6 is 0 Å². The van der Waals surface area contributed by atoms with E-state index < -0.39 is 0 Å². The Morgan fingerprint density at radius 1 is 1.00 bits per heavy atom. The molecule has 72 valence electrons. The van der Waals surface area contributed by atoms with Gasteiger partial charge in [0.1, 0.15) is 0 Å². The minimum atomic E-state index is -0.0532. The van der Waals surface area contributed by atoms with E-state index >= 15 is 0 Å². The molecule has 0 saturated heterocycles. The third kappa shape index (κ3) is 2.39. The van der Waals surface area contributed by atoms with Gasteiger partial charge in [-0.25, -0.2) is 11.0 Å². The summed E-state index contributed by atoms with van der Waals surface area (Å²) in [5.74, 6) is 0.149. The number of anilines is 3. The molecule has 5 N–H and O–H groups in total. The molecule has 0 aromatic carbocycles. The van der Waals surface area contributed by atoms with Gasteiger partial charge in [0.15, 0.2) is 0 Å². The van der Waals surface area contributed by atoms with Gasteiger partial charge in [0.05, 0.1) is 0 Å². The van der Waals surface area contributed by atoms with Crippen LogP contribution in [-0.4, -0.2) is 31.9 Å². The van der Waals surface area contributed by atoms with Gasteiger partial charge in [-0.1, -0.05) is 0 Å². The summed E-state index contributed by atoms with van der Waals surface area (Å²) in [5.41, 5.74) is 3.49. The highest BCUT2D eigenvalue weighted by Gasteiger charge is 2.03. The SMILES string of the molecule is CCNc1nc(NO)nc(NO)n1. The van der Waals surface area contributed by atoms with Crippen LogP contribution in [0.25, 0.3) is 0 Å². The van der Waals surface area contributed by atoms with Crippen molar-refractivity contribution < 1.29 is 10.4 Å². The van der Waals surface area contributed by atoms with Crippen molar-refractivity contribution in [2.75, 3.05) is 22.8 Å². The van der Waals surface area contributed by atoms with Gasteiger partial charge in [-0.05, 0) is 6.92 Å². The standard InChI is InChI=1S/C5H10N6O2/c1-2-6-3-7-4(10-12)9-5(8-3)11-13/h12-13H,2H2,1H3,(H3,6,7,8,9,10,11). The van der Waals surface area contributed by atoms with Crippen molar-refractivity contribution >= 4 is 17.8 Å². The second-order valence-electron chi connectivity index (χ2n) is 2.06. The summed E-state index contributed by atoms with van der Waals surface area (Å²) in [6.07, 6.45) is 0. The first-order valence-electron chi connectivity index (χ1n) is 3.60. The zero-order chi connectivity index (χ0) is 9.68. The largest absolute Gasteiger partial charge is 0.354 e. The van der Waals surface area contributed by atoms with E-state index in [0.717, 1.165) is 0 Å². The molecule has 0 atom stereocenters. The summed E-state index contributed by atoms with van der Waals surface area (Å²) in [7, 11) is 0. The van der Waals surface area contributed by atoms with Crippen LogP contribution in [0.3, 0.4) is 0 Å². The van der Waals surface area contributed by atoms with Gasteiger partial charge >= 0.3 is 0 Å². The molecule has 1 aromatic heterocycles. The highest BCUT2D eigenvalue weighted by atomic mass is 16.5. The van der Waals surface area contributed by atoms with Crippen LogP contribution in [0.1, 0.15) is 6.92 Å². The zero-order valence-electron chi connectivity index (χ0n) is 6.94. The number of hydrogen-bond donors (Lipinski definition) is 5. The maximum absolute atomic E-state index is 8.51. The van der Waals surface area contributed by atoms with Crippen molar-refractivity contribution in [2.24, 2.45) is 0 Å². The molecule has 8 nitrogen and oxygen atoms in total. The fourth-order valence-corrected chi connectivity index (χ4v) is 0.713. The van der Waals surface area contributed by atoms with Crippen LogP contribution in [0.15, 0.2) is 0 Å². The molecule has 0 amide bonds. The number of aromatic nitrogens is 3. The molecule has 0 spiro atoms. The molecule has 1 rings (SSSR count). The highest BCUT2D eigenvalue weighted by Crippen LogP contribution is 2.07. The second-order valence-corrected chi connectivity index (χ2v) is 2.06. The van der Waals surface area contributed by atoms with Gasteiger partial charge in [0.25, 0.3) is 11.9 Å². The quantitative estimate of drug-likeness (QED) is 0.414. The molecule has 0 unspecified atom stereocenters. The Labute approximate surface area is 74.0 Å². The minimum absolute atomic E-state index is 0.0532. The van der Waals surface area contributed by atoms with Gasteiger partial charge in [-0.2, -0.15) is 15.0 Å². The molecule has 0 aliphatic carbocycles. The van der Waals surface area contributed by atoms with Crippen LogP contribution < -0.4 is 16.3 Å². The Hall–Kier alpha value is -1.67. The number of rotatable bonds is 4. The van der Waals surface area contributed by atoms with E-state index in [1.54, 1.807) is 11.0 Å². The molecular weight excluding hydrogens is 176 g/mol. The third-order valence-electron chi connectivity index (χ3n) is 1.17. The normalized spacial score (nSPS) is 9.46. The van der Waals surface area contributed by atoms with Crippen LogP contribution in [-0.2, 0) is 0 Å². The molecule has 0 radical (unpaired) electrons. The first-order chi connectivity index (χ1) is 6.30. The fraction of sp³-hybridized carbons (Fsp3) is 0.400. The number of nitrogens with one attached hydrogen (secondary N) is 3. The van der Waals surface area contributed by atoms with Crippen molar-refractivity contribution in [3.63, 3.8) is 0 Å². The van der Waals surface area contributed by atoms with E-state index in [-0.39, 0.29) is 17.8 Å². The lowest BCUT2D eigenvalue weighted by molar-refractivity contribution is 0.375. The molecule has 0 fully saturated rings. The van der Waals surface area contributed by atoms with Crippen molar-refractivity contribution in [3.05, 3.63) is 0 Å². The van der Waals surface area contributed by atoms with Gasteiger partial charge in [0, 0.05) is 6.54 Å². The second kappa shape index (κ2) is 4.38. The summed E-state index contributed by atoms with van der Waals surface area (Å²) in [4.78, 5) is 11.1. The fourth-order valence-electron chi connectivity index (χ4n) is 0.713. The van der Waals surface area contributed by atoms with Crippen molar-refractivity contribution in [2.45, 2.75) is 6.92 Å². The lowest BCUT2D eigenvalue weighted by atomic mass is 10.7. The predicted octanol–water partition coefficient (Wildman–Crippen LogP) is -0.0944. The summed E-state index contributed by atoms with van der Waals surface area (Å²) < 4.78 is 0. The predicted molar refractivity (Wildman–Crippen MR) is 44.8 cm³/mol. The van der Waals surface area contributed by atoms with Gasteiger partial charge < -0.3 is 5.32 Å². The van der Waals surface area contributed by atoms with Crippen LogP contribution in [0.2, 0.25) is 0 Å². The molecular formula is C5H10N6O2. The highest BCUT2D eigenvalue weighted by molar-refractivity contribution is 5.39. The topological polar surface area (TPSA) is 115 Å². The van der Waals surface area contributed by atoms with Gasteiger partial charge in [0.2, 0.25) is 5.95 Å². The van der Waals surface area contributed by atoms with Crippen LogP contribution in [0, 0.1) is 0 Å². The molecule has 0 saturated carbocycles. The summed E-state index contributed by atoms with van der Waals surface area (Å²) >= 11 is 0. The number of nitrogens with zero attached hydrogens (tertiary/aromatic N) is 3. The Morgan fingerprint density at radius 3 is 1.85 bits per heavy atom. The van der Waals surface area contributed by atoms with Gasteiger partial charge in [-0.3, -0.25) is 10.4 Å².